The fraction of sp³-hybridized carbons (Fsp3) is 0.524. The number of halogens is 1. The van der Waals surface area contributed by atoms with Crippen LogP contribution >= 0.6 is 11.6 Å². The number of nitrogens with one attached hydrogen (secondary N) is 1. The molecule has 5 heteroatoms. The van der Waals surface area contributed by atoms with Gasteiger partial charge in [0.1, 0.15) is 0 Å². The number of hydrogen-bond donors (Lipinski definition) is 1. The maximum absolute atomic E-state index is 13.3. The molecule has 1 saturated carbocycles. The third kappa shape index (κ3) is 3.72. The van der Waals surface area contributed by atoms with Gasteiger partial charge in [0.15, 0.2) is 0 Å². The largest absolute Gasteiger partial charge is 0.339 e. The molecule has 1 aromatic heterocycles. The van der Waals surface area contributed by atoms with Crippen LogP contribution in [0, 0.1) is 5.92 Å². The summed E-state index contributed by atoms with van der Waals surface area (Å²) in [6.07, 6.45) is 5.73. The van der Waals surface area contributed by atoms with Gasteiger partial charge in [0, 0.05) is 35.1 Å². The van der Waals surface area contributed by atoms with E-state index in [2.05, 4.69) is 5.32 Å². The van der Waals surface area contributed by atoms with Crippen molar-refractivity contribution >= 4 is 28.4 Å². The zero-order valence-electron chi connectivity index (χ0n) is 15.3. The van der Waals surface area contributed by atoms with Gasteiger partial charge in [-0.15, -0.1) is 0 Å². The number of hydrogen-bond acceptors (Lipinski definition) is 3. The topological polar surface area (TPSA) is 45.2 Å². The van der Waals surface area contributed by atoms with E-state index in [0.717, 1.165) is 60.6 Å². The highest BCUT2D eigenvalue weighted by atomic mass is 35.5. The fourth-order valence-electron chi connectivity index (χ4n) is 3.93. The monoisotopic (exact) mass is 371 g/mol. The van der Waals surface area contributed by atoms with Gasteiger partial charge in [0.05, 0.1) is 11.1 Å². The van der Waals surface area contributed by atoms with Gasteiger partial charge in [-0.3, -0.25) is 9.78 Å². The van der Waals surface area contributed by atoms with Crippen LogP contribution in [0.1, 0.15) is 54.1 Å². The molecule has 0 atom stereocenters. The highest BCUT2D eigenvalue weighted by Crippen LogP contribution is 2.40. The number of fused-ring (bicyclic) bond motifs is 1. The zero-order chi connectivity index (χ0) is 18.1. The van der Waals surface area contributed by atoms with Crippen molar-refractivity contribution in [2.24, 2.45) is 5.92 Å². The number of rotatable bonds is 5. The van der Waals surface area contributed by atoms with Crippen molar-refractivity contribution in [1.29, 1.82) is 0 Å². The van der Waals surface area contributed by atoms with Gasteiger partial charge in [-0.2, -0.15) is 0 Å². The Labute approximate surface area is 159 Å². The van der Waals surface area contributed by atoms with Crippen LogP contribution < -0.4 is 5.32 Å². The number of piperidine rings is 1. The van der Waals surface area contributed by atoms with Crippen molar-refractivity contribution < 1.29 is 4.79 Å². The van der Waals surface area contributed by atoms with Crippen LogP contribution in [-0.4, -0.2) is 42.5 Å². The van der Waals surface area contributed by atoms with E-state index in [-0.39, 0.29) is 5.91 Å². The van der Waals surface area contributed by atoms with Gasteiger partial charge < -0.3 is 10.2 Å². The predicted octanol–water partition coefficient (Wildman–Crippen LogP) is 4.23. The maximum atomic E-state index is 13.3. The number of nitrogens with zero attached hydrogens (tertiary/aromatic N) is 2. The summed E-state index contributed by atoms with van der Waals surface area (Å²) in [7, 11) is 2.00. The third-order valence-corrected chi connectivity index (χ3v) is 5.96. The first-order valence-electron chi connectivity index (χ1n) is 9.70. The molecule has 1 aliphatic carbocycles. The molecule has 0 spiro atoms. The van der Waals surface area contributed by atoms with Crippen molar-refractivity contribution in [1.82, 2.24) is 15.2 Å². The molecule has 4 nitrogen and oxygen atoms in total. The van der Waals surface area contributed by atoms with E-state index in [1.165, 1.54) is 19.3 Å². The normalized spacial score (nSPS) is 18.5. The molecule has 0 radical (unpaired) electrons. The van der Waals surface area contributed by atoms with Crippen molar-refractivity contribution in [3.63, 3.8) is 0 Å². The van der Waals surface area contributed by atoms with Crippen LogP contribution in [0.5, 0.6) is 0 Å². The van der Waals surface area contributed by atoms with Crippen LogP contribution in [0.4, 0.5) is 0 Å². The summed E-state index contributed by atoms with van der Waals surface area (Å²) in [6, 6.07) is 7.69. The summed E-state index contributed by atoms with van der Waals surface area (Å²) in [5, 5.41) is 4.75. The number of benzene rings is 1. The summed E-state index contributed by atoms with van der Waals surface area (Å²) in [5.41, 5.74) is 2.71. The Balaban J connectivity index is 1.59. The first-order valence-corrected chi connectivity index (χ1v) is 10.1. The van der Waals surface area contributed by atoms with Crippen LogP contribution in [-0.2, 0) is 0 Å². The second-order valence-corrected chi connectivity index (χ2v) is 8.09. The average molecular weight is 372 g/mol. The molecule has 1 N–H and O–H groups in total. The van der Waals surface area contributed by atoms with Gasteiger partial charge in [-0.25, -0.2) is 0 Å². The summed E-state index contributed by atoms with van der Waals surface area (Å²) in [6.45, 7) is 2.74. The van der Waals surface area contributed by atoms with Crippen LogP contribution in [0.3, 0.4) is 0 Å². The van der Waals surface area contributed by atoms with Gasteiger partial charge in [-0.1, -0.05) is 11.6 Å². The minimum absolute atomic E-state index is 0.133. The highest BCUT2D eigenvalue weighted by molar-refractivity contribution is 6.31. The second-order valence-electron chi connectivity index (χ2n) is 7.66. The molecule has 2 fully saturated rings. The molecule has 1 aromatic carbocycles. The number of carbonyl (C=O) groups is 1. The molecular weight excluding hydrogens is 346 g/mol. The number of amides is 1. The van der Waals surface area contributed by atoms with Crippen LogP contribution in [0.2, 0.25) is 5.02 Å². The first kappa shape index (κ1) is 17.7. The Kier molecular flexibility index (Phi) is 5.14. The Hall–Kier alpha value is -1.65. The lowest BCUT2D eigenvalue weighted by Gasteiger charge is -2.32. The lowest BCUT2D eigenvalue weighted by molar-refractivity contribution is 0.0689. The lowest BCUT2D eigenvalue weighted by Crippen LogP contribution is -2.39. The Bertz CT molecular complexity index is 810. The second kappa shape index (κ2) is 7.53. The molecule has 2 heterocycles. The van der Waals surface area contributed by atoms with E-state index >= 15 is 0 Å². The van der Waals surface area contributed by atoms with Gasteiger partial charge in [-0.05, 0) is 75.9 Å². The molecule has 2 aliphatic rings. The molecule has 2 aromatic rings. The molecule has 26 heavy (non-hydrogen) atoms. The van der Waals surface area contributed by atoms with E-state index in [1.54, 1.807) is 0 Å². The maximum Gasteiger partial charge on any atom is 0.254 e. The molecular formula is C21H26ClN3O. The minimum Gasteiger partial charge on any atom is -0.339 e. The Morgan fingerprint density at radius 1 is 1.23 bits per heavy atom. The fourth-order valence-corrected chi connectivity index (χ4v) is 4.10. The van der Waals surface area contributed by atoms with E-state index in [9.17, 15) is 4.79 Å². The predicted molar refractivity (Wildman–Crippen MR) is 106 cm³/mol. The quantitative estimate of drug-likeness (QED) is 0.855. The standard InChI is InChI=1S/C21H26ClN3O/c1-23-9-6-14-7-10-25(11-8-14)21(26)18-13-20(15-2-3-15)24-19-5-4-16(22)12-17(18)19/h4-5,12-15,23H,2-3,6-11H2,1H3. The minimum atomic E-state index is 0.133. The Morgan fingerprint density at radius 2 is 2.00 bits per heavy atom. The molecule has 138 valence electrons. The number of carbonyl (C=O) groups excluding carboxylic acids is 1. The van der Waals surface area contributed by atoms with Crippen molar-refractivity contribution in [2.45, 2.75) is 38.0 Å². The number of pyridine rings is 1. The number of aromatic nitrogens is 1. The molecule has 4 rings (SSSR count). The Morgan fingerprint density at radius 3 is 2.69 bits per heavy atom. The summed E-state index contributed by atoms with van der Waals surface area (Å²) < 4.78 is 0. The summed E-state index contributed by atoms with van der Waals surface area (Å²) >= 11 is 6.20. The third-order valence-electron chi connectivity index (χ3n) is 5.72. The van der Waals surface area contributed by atoms with Crippen molar-refractivity contribution in [2.75, 3.05) is 26.7 Å². The molecule has 0 unspecified atom stereocenters. The van der Waals surface area contributed by atoms with Crippen LogP contribution in [0.15, 0.2) is 24.3 Å². The SMILES string of the molecule is CNCCC1CCN(C(=O)c2cc(C3CC3)nc3ccc(Cl)cc23)CC1. The zero-order valence-corrected chi connectivity index (χ0v) is 16.1. The van der Waals surface area contributed by atoms with Gasteiger partial charge in [0.25, 0.3) is 5.91 Å². The summed E-state index contributed by atoms with van der Waals surface area (Å²) in [5.74, 6) is 1.37. The van der Waals surface area contributed by atoms with Crippen molar-refractivity contribution in [3.05, 3.63) is 40.5 Å². The average Bonchev–Trinajstić information content (AvgIpc) is 3.51. The lowest BCUT2D eigenvalue weighted by atomic mass is 9.93. The molecule has 1 amide bonds. The smallest absolute Gasteiger partial charge is 0.254 e. The highest BCUT2D eigenvalue weighted by Gasteiger charge is 2.29. The molecule has 0 bridgehead atoms. The van der Waals surface area contributed by atoms with Gasteiger partial charge in [0.2, 0.25) is 0 Å². The first-order chi connectivity index (χ1) is 12.7. The van der Waals surface area contributed by atoms with E-state index in [0.29, 0.717) is 10.9 Å². The summed E-state index contributed by atoms with van der Waals surface area (Å²) in [4.78, 5) is 20.1. The van der Waals surface area contributed by atoms with Gasteiger partial charge >= 0.3 is 0 Å². The molecule has 1 aliphatic heterocycles. The van der Waals surface area contributed by atoms with E-state index in [1.807, 2.05) is 36.2 Å². The van der Waals surface area contributed by atoms with Crippen molar-refractivity contribution in [3.8, 4) is 0 Å². The number of likely N-dealkylation sites (tertiary alicyclic amines) is 1. The molecule has 1 saturated heterocycles. The van der Waals surface area contributed by atoms with E-state index < -0.39 is 0 Å². The van der Waals surface area contributed by atoms with E-state index in [4.69, 9.17) is 16.6 Å². The van der Waals surface area contributed by atoms with Crippen LogP contribution in [0.25, 0.3) is 10.9 Å².